The van der Waals surface area contributed by atoms with Gasteiger partial charge in [0.25, 0.3) is 0 Å². The smallest absolute Gasteiger partial charge is 0.246 e. The molecule has 1 aromatic heterocycles. The molecule has 0 spiro atoms. The van der Waals surface area contributed by atoms with Gasteiger partial charge in [-0.3, -0.25) is 14.6 Å². The Bertz CT molecular complexity index is 620. The van der Waals surface area contributed by atoms with E-state index in [0.717, 1.165) is 10.9 Å². The van der Waals surface area contributed by atoms with Crippen LogP contribution in [0.15, 0.2) is 36.5 Å². The summed E-state index contributed by atoms with van der Waals surface area (Å²) in [7, 11) is 0. The lowest BCUT2D eigenvalue weighted by Gasteiger charge is -2.14. The number of benzene rings is 1. The van der Waals surface area contributed by atoms with E-state index in [1.54, 1.807) is 13.1 Å². The number of hydrogen-bond donors (Lipinski definition) is 2. The molecule has 0 radical (unpaired) electrons. The number of carbonyl (C=O) groups is 2. The Morgan fingerprint density at radius 3 is 2.74 bits per heavy atom. The number of carbonyl (C=O) groups excluding carboxylic acids is 2. The number of rotatable bonds is 3. The first-order chi connectivity index (χ1) is 9.08. The molecule has 1 unspecified atom stereocenters. The molecule has 98 valence electrons. The van der Waals surface area contributed by atoms with Gasteiger partial charge in [-0.25, -0.2) is 0 Å². The minimum atomic E-state index is -0.579. The maximum atomic E-state index is 11.9. The van der Waals surface area contributed by atoms with E-state index < -0.39 is 6.04 Å². The number of fused-ring (bicyclic) bond motifs is 1. The number of nitrogens with zero attached hydrogens (tertiary/aromatic N) is 1. The van der Waals surface area contributed by atoms with E-state index in [1.165, 1.54) is 6.92 Å². The van der Waals surface area contributed by atoms with Crippen molar-refractivity contribution in [3.8, 4) is 0 Å². The predicted molar refractivity (Wildman–Crippen MR) is 73.7 cm³/mol. The van der Waals surface area contributed by atoms with Crippen LogP contribution in [0.2, 0.25) is 0 Å². The van der Waals surface area contributed by atoms with E-state index in [1.807, 2.05) is 30.3 Å². The lowest BCUT2D eigenvalue weighted by molar-refractivity contribution is -0.124. The molecule has 0 bridgehead atoms. The quantitative estimate of drug-likeness (QED) is 0.879. The van der Waals surface area contributed by atoms with Crippen molar-refractivity contribution in [1.82, 2.24) is 10.3 Å². The molecule has 0 aliphatic rings. The number of pyridine rings is 1. The van der Waals surface area contributed by atoms with Gasteiger partial charge in [0.2, 0.25) is 11.8 Å². The number of amides is 2. The molecule has 1 heterocycles. The average molecular weight is 257 g/mol. The Morgan fingerprint density at radius 1 is 1.21 bits per heavy atom. The van der Waals surface area contributed by atoms with Crippen LogP contribution >= 0.6 is 0 Å². The SMILES string of the molecule is CC(=O)NC(C)C(=O)Nc1cccc2ncccc12. The fourth-order valence-electron chi connectivity index (χ4n) is 1.82. The van der Waals surface area contributed by atoms with E-state index in [4.69, 9.17) is 0 Å². The van der Waals surface area contributed by atoms with Crippen LogP contribution < -0.4 is 10.6 Å². The molecule has 0 aliphatic carbocycles. The minimum absolute atomic E-state index is 0.234. The maximum absolute atomic E-state index is 11.9. The van der Waals surface area contributed by atoms with Gasteiger partial charge in [-0.1, -0.05) is 6.07 Å². The van der Waals surface area contributed by atoms with Crippen LogP contribution in [0.4, 0.5) is 5.69 Å². The molecule has 5 nitrogen and oxygen atoms in total. The van der Waals surface area contributed by atoms with Crippen molar-refractivity contribution in [2.45, 2.75) is 19.9 Å². The lowest BCUT2D eigenvalue weighted by Crippen LogP contribution is -2.40. The van der Waals surface area contributed by atoms with Crippen LogP contribution in [-0.2, 0) is 9.59 Å². The van der Waals surface area contributed by atoms with E-state index >= 15 is 0 Å². The van der Waals surface area contributed by atoms with E-state index in [0.29, 0.717) is 5.69 Å². The van der Waals surface area contributed by atoms with Crippen molar-refractivity contribution >= 4 is 28.4 Å². The molecule has 0 fully saturated rings. The zero-order chi connectivity index (χ0) is 13.8. The zero-order valence-electron chi connectivity index (χ0n) is 10.8. The molecule has 0 saturated heterocycles. The maximum Gasteiger partial charge on any atom is 0.246 e. The van der Waals surface area contributed by atoms with E-state index in [9.17, 15) is 9.59 Å². The number of aromatic nitrogens is 1. The Kier molecular flexibility index (Phi) is 3.75. The molecule has 0 aliphatic heterocycles. The molecule has 0 saturated carbocycles. The topological polar surface area (TPSA) is 71.1 Å². The Morgan fingerprint density at radius 2 is 2.00 bits per heavy atom. The summed E-state index contributed by atoms with van der Waals surface area (Å²) in [6.45, 7) is 3.02. The first kappa shape index (κ1) is 13.0. The lowest BCUT2D eigenvalue weighted by atomic mass is 10.1. The molecule has 2 amide bonds. The zero-order valence-corrected chi connectivity index (χ0v) is 10.8. The minimum Gasteiger partial charge on any atom is -0.345 e. The van der Waals surface area contributed by atoms with Gasteiger partial charge < -0.3 is 10.6 Å². The summed E-state index contributed by atoms with van der Waals surface area (Å²) in [4.78, 5) is 27.1. The third kappa shape index (κ3) is 3.07. The first-order valence-corrected chi connectivity index (χ1v) is 5.99. The highest BCUT2D eigenvalue weighted by molar-refractivity contribution is 6.03. The Hall–Kier alpha value is -2.43. The van der Waals surface area contributed by atoms with Gasteiger partial charge in [0.1, 0.15) is 6.04 Å². The monoisotopic (exact) mass is 257 g/mol. The molecule has 2 aromatic rings. The summed E-state index contributed by atoms with van der Waals surface area (Å²) in [6, 6.07) is 8.64. The third-order valence-electron chi connectivity index (χ3n) is 2.72. The Balaban J connectivity index is 2.22. The van der Waals surface area contributed by atoms with Crippen LogP contribution in [-0.4, -0.2) is 22.8 Å². The summed E-state index contributed by atoms with van der Waals surface area (Å²) in [6.07, 6.45) is 1.70. The van der Waals surface area contributed by atoms with Gasteiger partial charge in [-0.05, 0) is 31.2 Å². The second-order valence-electron chi connectivity index (χ2n) is 4.29. The van der Waals surface area contributed by atoms with Gasteiger partial charge in [-0.2, -0.15) is 0 Å². The van der Waals surface area contributed by atoms with Crippen LogP contribution in [0, 0.1) is 0 Å². The summed E-state index contributed by atoms with van der Waals surface area (Å²) in [5.41, 5.74) is 1.50. The van der Waals surface area contributed by atoms with Gasteiger partial charge in [0.15, 0.2) is 0 Å². The summed E-state index contributed by atoms with van der Waals surface area (Å²) in [5.74, 6) is -0.492. The largest absolute Gasteiger partial charge is 0.345 e. The standard InChI is InChI=1S/C14H15N3O2/c1-9(16-10(2)18)14(19)17-13-7-3-6-12-11(13)5-4-8-15-12/h3-9H,1-2H3,(H,16,18)(H,17,19). The molecule has 2 N–H and O–H groups in total. The molecule has 19 heavy (non-hydrogen) atoms. The van der Waals surface area contributed by atoms with Crippen molar-refractivity contribution < 1.29 is 9.59 Å². The molecule has 2 rings (SSSR count). The number of nitrogens with one attached hydrogen (secondary N) is 2. The molecule has 5 heteroatoms. The van der Waals surface area contributed by atoms with Gasteiger partial charge in [-0.15, -0.1) is 0 Å². The second kappa shape index (κ2) is 5.48. The van der Waals surface area contributed by atoms with Crippen LogP contribution in [0.25, 0.3) is 10.9 Å². The molecule has 1 atom stereocenters. The highest BCUT2D eigenvalue weighted by Crippen LogP contribution is 2.21. The highest BCUT2D eigenvalue weighted by atomic mass is 16.2. The summed E-state index contributed by atoms with van der Waals surface area (Å²) < 4.78 is 0. The fraction of sp³-hybridized carbons (Fsp3) is 0.214. The van der Waals surface area contributed by atoms with Crippen LogP contribution in [0.5, 0.6) is 0 Å². The number of anilines is 1. The second-order valence-corrected chi connectivity index (χ2v) is 4.29. The van der Waals surface area contributed by atoms with Crippen molar-refractivity contribution in [1.29, 1.82) is 0 Å². The summed E-state index contributed by atoms with van der Waals surface area (Å²) in [5, 5.41) is 6.21. The normalized spacial score (nSPS) is 11.9. The predicted octanol–water partition coefficient (Wildman–Crippen LogP) is 1.70. The average Bonchev–Trinajstić information content (AvgIpc) is 2.38. The fourth-order valence-corrected chi connectivity index (χ4v) is 1.82. The van der Waals surface area contributed by atoms with Crippen LogP contribution in [0.3, 0.4) is 0 Å². The van der Waals surface area contributed by atoms with E-state index in [2.05, 4.69) is 15.6 Å². The van der Waals surface area contributed by atoms with Crippen molar-refractivity contribution in [3.05, 3.63) is 36.5 Å². The van der Waals surface area contributed by atoms with Crippen molar-refractivity contribution in [3.63, 3.8) is 0 Å². The van der Waals surface area contributed by atoms with Gasteiger partial charge >= 0.3 is 0 Å². The number of hydrogen-bond acceptors (Lipinski definition) is 3. The molecular formula is C14H15N3O2. The molecular weight excluding hydrogens is 242 g/mol. The van der Waals surface area contributed by atoms with Crippen molar-refractivity contribution in [2.24, 2.45) is 0 Å². The molecule has 1 aromatic carbocycles. The van der Waals surface area contributed by atoms with Crippen LogP contribution in [0.1, 0.15) is 13.8 Å². The van der Waals surface area contributed by atoms with Gasteiger partial charge in [0.05, 0.1) is 11.2 Å². The Labute approximate surface area is 111 Å². The van der Waals surface area contributed by atoms with Crippen molar-refractivity contribution in [2.75, 3.05) is 5.32 Å². The highest BCUT2D eigenvalue weighted by Gasteiger charge is 2.14. The van der Waals surface area contributed by atoms with Gasteiger partial charge in [0, 0.05) is 18.5 Å². The third-order valence-corrected chi connectivity index (χ3v) is 2.72. The van der Waals surface area contributed by atoms with E-state index in [-0.39, 0.29) is 11.8 Å². The first-order valence-electron chi connectivity index (χ1n) is 5.99. The summed E-state index contributed by atoms with van der Waals surface area (Å²) >= 11 is 0.